The average molecular weight is 344 g/mol. The van der Waals surface area contributed by atoms with Crippen LogP contribution in [0.15, 0.2) is 47.4 Å². The smallest absolute Gasteiger partial charge is 0.240 e. The highest BCUT2D eigenvalue weighted by Gasteiger charge is 2.18. The van der Waals surface area contributed by atoms with Crippen LogP contribution in [0, 0.1) is 0 Å². The molecule has 24 heavy (non-hydrogen) atoms. The monoisotopic (exact) mass is 344 g/mol. The molecule has 0 unspecified atom stereocenters. The summed E-state index contributed by atoms with van der Waals surface area (Å²) in [6.07, 6.45) is 0. The predicted molar refractivity (Wildman–Crippen MR) is 96.2 cm³/mol. The van der Waals surface area contributed by atoms with E-state index in [1.54, 1.807) is 12.1 Å². The molecule has 1 aliphatic heterocycles. The van der Waals surface area contributed by atoms with Crippen molar-refractivity contribution in [1.29, 1.82) is 0 Å². The van der Waals surface area contributed by atoms with Crippen LogP contribution in [0.25, 0.3) is 0 Å². The summed E-state index contributed by atoms with van der Waals surface area (Å²) in [6, 6.07) is 13.2. The Hall–Kier alpha value is -1.69. The first kappa shape index (κ1) is 17.1. The van der Waals surface area contributed by atoms with Crippen molar-refractivity contribution in [1.82, 2.24) is 10.0 Å². The number of sulfonamides is 1. The molecule has 0 saturated carbocycles. The molecule has 128 valence electrons. The van der Waals surface area contributed by atoms with Crippen molar-refractivity contribution in [3.63, 3.8) is 0 Å². The molecule has 0 amide bonds. The second-order valence-electron chi connectivity index (χ2n) is 7.31. The standard InChI is InChI=1S/C19H24N2O2S/c1-19(2,3)17-6-8-18(9-7-17)24(22,23)21-11-14-4-5-15-12-20-13-16(15)10-14/h4-10,20-21H,11-13H2,1-3H3. The normalized spacial score (nSPS) is 14.6. The van der Waals surface area contributed by atoms with Crippen molar-refractivity contribution in [3.8, 4) is 0 Å². The second kappa shape index (κ2) is 6.31. The van der Waals surface area contributed by atoms with Gasteiger partial charge in [0, 0.05) is 19.6 Å². The van der Waals surface area contributed by atoms with Crippen LogP contribution in [0.1, 0.15) is 43.0 Å². The van der Waals surface area contributed by atoms with Crippen molar-refractivity contribution >= 4 is 10.0 Å². The van der Waals surface area contributed by atoms with Crippen LogP contribution in [0.4, 0.5) is 0 Å². The first-order valence-corrected chi connectivity index (χ1v) is 9.66. The molecule has 0 radical (unpaired) electrons. The lowest BCUT2D eigenvalue weighted by Gasteiger charge is -2.19. The summed E-state index contributed by atoms with van der Waals surface area (Å²) in [4.78, 5) is 0.304. The largest absolute Gasteiger partial charge is 0.309 e. The molecule has 1 aliphatic rings. The van der Waals surface area contributed by atoms with Gasteiger partial charge in [0.05, 0.1) is 4.90 Å². The molecule has 5 heteroatoms. The lowest BCUT2D eigenvalue weighted by atomic mass is 9.87. The van der Waals surface area contributed by atoms with E-state index in [1.807, 2.05) is 18.2 Å². The Morgan fingerprint density at radius 1 is 1.00 bits per heavy atom. The van der Waals surface area contributed by atoms with Crippen molar-refractivity contribution in [2.45, 2.75) is 50.7 Å². The van der Waals surface area contributed by atoms with E-state index in [0.29, 0.717) is 11.4 Å². The van der Waals surface area contributed by atoms with Crippen molar-refractivity contribution < 1.29 is 8.42 Å². The first-order chi connectivity index (χ1) is 11.3. The fourth-order valence-corrected chi connectivity index (χ4v) is 3.87. The van der Waals surface area contributed by atoms with Gasteiger partial charge in [0.15, 0.2) is 0 Å². The minimum atomic E-state index is -3.50. The van der Waals surface area contributed by atoms with Gasteiger partial charge in [-0.15, -0.1) is 0 Å². The van der Waals surface area contributed by atoms with Gasteiger partial charge in [0.25, 0.3) is 0 Å². The van der Waals surface area contributed by atoms with Gasteiger partial charge >= 0.3 is 0 Å². The Balaban J connectivity index is 1.72. The third-order valence-electron chi connectivity index (χ3n) is 4.40. The highest BCUT2D eigenvalue weighted by atomic mass is 32.2. The van der Waals surface area contributed by atoms with Crippen LogP contribution >= 0.6 is 0 Å². The Morgan fingerprint density at radius 2 is 1.67 bits per heavy atom. The number of fused-ring (bicyclic) bond motifs is 1. The number of nitrogens with one attached hydrogen (secondary N) is 2. The van der Waals surface area contributed by atoms with Crippen LogP contribution in [-0.4, -0.2) is 8.42 Å². The van der Waals surface area contributed by atoms with E-state index in [-0.39, 0.29) is 5.41 Å². The topological polar surface area (TPSA) is 58.2 Å². The Morgan fingerprint density at radius 3 is 2.33 bits per heavy atom. The molecule has 2 N–H and O–H groups in total. The summed E-state index contributed by atoms with van der Waals surface area (Å²) in [6.45, 7) is 8.37. The van der Waals surface area contributed by atoms with Crippen LogP contribution in [0.3, 0.4) is 0 Å². The zero-order chi connectivity index (χ0) is 17.4. The van der Waals surface area contributed by atoms with Crippen molar-refractivity contribution in [2.24, 2.45) is 0 Å². The Kier molecular flexibility index (Phi) is 4.51. The summed E-state index contributed by atoms with van der Waals surface area (Å²) in [5, 5.41) is 3.29. The summed E-state index contributed by atoms with van der Waals surface area (Å²) in [7, 11) is -3.50. The molecule has 0 aromatic heterocycles. The quantitative estimate of drug-likeness (QED) is 0.896. The fourth-order valence-electron chi connectivity index (χ4n) is 2.85. The molecule has 1 heterocycles. The van der Waals surface area contributed by atoms with Crippen LogP contribution < -0.4 is 10.0 Å². The minimum absolute atomic E-state index is 0.00811. The van der Waals surface area contributed by atoms with E-state index in [2.05, 4.69) is 42.9 Å². The van der Waals surface area contributed by atoms with Crippen molar-refractivity contribution in [2.75, 3.05) is 0 Å². The SMILES string of the molecule is CC(C)(C)c1ccc(S(=O)(=O)NCc2ccc3c(c2)CNC3)cc1. The molecular formula is C19H24N2O2S. The summed E-state index contributed by atoms with van der Waals surface area (Å²) in [5.74, 6) is 0. The first-order valence-electron chi connectivity index (χ1n) is 8.17. The van der Waals surface area contributed by atoms with Gasteiger partial charge in [-0.1, -0.05) is 51.1 Å². The van der Waals surface area contributed by atoms with Gasteiger partial charge in [-0.25, -0.2) is 13.1 Å². The maximum absolute atomic E-state index is 12.5. The molecule has 3 rings (SSSR count). The van der Waals surface area contributed by atoms with Crippen LogP contribution in [-0.2, 0) is 35.1 Å². The fraction of sp³-hybridized carbons (Fsp3) is 0.368. The van der Waals surface area contributed by atoms with Gasteiger partial charge in [-0.2, -0.15) is 0 Å². The summed E-state index contributed by atoms with van der Waals surface area (Å²) >= 11 is 0. The molecule has 2 aromatic carbocycles. The van der Waals surface area contributed by atoms with Gasteiger partial charge in [0.2, 0.25) is 10.0 Å². The molecule has 2 aromatic rings. The number of hydrogen-bond acceptors (Lipinski definition) is 3. The number of benzene rings is 2. The lowest BCUT2D eigenvalue weighted by molar-refractivity contribution is 0.578. The molecule has 0 spiro atoms. The third-order valence-corrected chi connectivity index (χ3v) is 5.82. The van der Waals surface area contributed by atoms with Crippen LogP contribution in [0.5, 0.6) is 0 Å². The van der Waals surface area contributed by atoms with Gasteiger partial charge < -0.3 is 5.32 Å². The van der Waals surface area contributed by atoms with Crippen molar-refractivity contribution in [3.05, 3.63) is 64.7 Å². The summed E-state index contributed by atoms with van der Waals surface area (Å²) < 4.78 is 27.6. The zero-order valence-corrected chi connectivity index (χ0v) is 15.2. The molecule has 0 saturated heterocycles. The number of hydrogen-bond donors (Lipinski definition) is 2. The maximum atomic E-state index is 12.5. The van der Waals surface area contributed by atoms with E-state index in [1.165, 1.54) is 11.1 Å². The van der Waals surface area contributed by atoms with E-state index in [0.717, 1.165) is 24.2 Å². The third kappa shape index (κ3) is 3.69. The Labute approximate surface area is 144 Å². The van der Waals surface area contributed by atoms with E-state index in [4.69, 9.17) is 0 Å². The Bertz CT molecular complexity index is 835. The summed E-state index contributed by atoms with van der Waals surface area (Å²) in [5.41, 5.74) is 4.65. The molecule has 0 atom stereocenters. The van der Waals surface area contributed by atoms with E-state index < -0.39 is 10.0 Å². The highest BCUT2D eigenvalue weighted by molar-refractivity contribution is 7.89. The molecule has 4 nitrogen and oxygen atoms in total. The molecule has 0 aliphatic carbocycles. The van der Waals surface area contributed by atoms with E-state index >= 15 is 0 Å². The lowest BCUT2D eigenvalue weighted by Crippen LogP contribution is -2.23. The van der Waals surface area contributed by atoms with Gasteiger partial charge in [-0.3, -0.25) is 0 Å². The average Bonchev–Trinajstić information content (AvgIpc) is 3.00. The van der Waals surface area contributed by atoms with Gasteiger partial charge in [-0.05, 0) is 39.8 Å². The minimum Gasteiger partial charge on any atom is -0.309 e. The van der Waals surface area contributed by atoms with E-state index in [9.17, 15) is 8.42 Å². The van der Waals surface area contributed by atoms with Gasteiger partial charge in [0.1, 0.15) is 0 Å². The predicted octanol–water partition coefficient (Wildman–Crippen LogP) is 3.07. The molecule has 0 fully saturated rings. The van der Waals surface area contributed by atoms with Crippen LogP contribution in [0.2, 0.25) is 0 Å². The number of rotatable bonds is 4. The zero-order valence-electron chi connectivity index (χ0n) is 14.4. The second-order valence-corrected chi connectivity index (χ2v) is 9.07. The maximum Gasteiger partial charge on any atom is 0.240 e. The molecular weight excluding hydrogens is 320 g/mol. The molecule has 0 bridgehead atoms. The highest BCUT2D eigenvalue weighted by Crippen LogP contribution is 2.23.